The van der Waals surface area contributed by atoms with Crippen molar-refractivity contribution in [3.63, 3.8) is 0 Å². The lowest BCUT2D eigenvalue weighted by molar-refractivity contribution is -0.133. The first-order chi connectivity index (χ1) is 5.89. The molecule has 0 spiro atoms. The Labute approximate surface area is 76.4 Å². The van der Waals surface area contributed by atoms with E-state index >= 15 is 0 Å². The third kappa shape index (κ3) is 2.62. The van der Waals surface area contributed by atoms with Crippen LogP contribution >= 0.6 is 0 Å². The fraction of sp³-hybridized carbons (Fsp3) is 0.625. The van der Waals surface area contributed by atoms with E-state index < -0.39 is 5.60 Å². The number of nitrogens with zero attached hydrogens (tertiary/aromatic N) is 3. The first-order valence-electron chi connectivity index (χ1n) is 4.00. The molecule has 13 heavy (non-hydrogen) atoms. The molecular formula is C8H13N3O2. The molecule has 1 rings (SSSR count). The predicted molar refractivity (Wildman–Crippen MR) is 46.0 cm³/mol. The molecule has 0 atom stereocenters. The van der Waals surface area contributed by atoms with Crippen LogP contribution in [0.3, 0.4) is 0 Å². The van der Waals surface area contributed by atoms with Crippen molar-refractivity contribution >= 4 is 5.78 Å². The van der Waals surface area contributed by atoms with Crippen LogP contribution in [0.1, 0.15) is 19.5 Å². The van der Waals surface area contributed by atoms with E-state index in [1.54, 1.807) is 7.05 Å². The second-order valence-corrected chi connectivity index (χ2v) is 3.48. The molecular weight excluding hydrogens is 170 g/mol. The summed E-state index contributed by atoms with van der Waals surface area (Å²) in [5.74, 6) is -0.256. The monoisotopic (exact) mass is 183 g/mol. The number of hydrogen-bond donors (Lipinski definition) is 1. The number of carbonyl (C=O) groups excluding carboxylic acids is 1. The van der Waals surface area contributed by atoms with E-state index in [-0.39, 0.29) is 12.2 Å². The molecule has 1 aromatic heterocycles. The Balaban J connectivity index is 2.65. The Hall–Kier alpha value is -1.23. The second-order valence-electron chi connectivity index (χ2n) is 3.48. The lowest BCUT2D eigenvalue weighted by atomic mass is 10.0. The van der Waals surface area contributed by atoms with Gasteiger partial charge in [-0.25, -0.2) is 0 Å². The zero-order valence-corrected chi connectivity index (χ0v) is 7.98. The van der Waals surface area contributed by atoms with E-state index in [4.69, 9.17) is 0 Å². The summed E-state index contributed by atoms with van der Waals surface area (Å²) in [4.78, 5) is 12.7. The largest absolute Gasteiger partial charge is 0.383 e. The Bertz CT molecular complexity index is 311. The van der Waals surface area contributed by atoms with Gasteiger partial charge in [0.15, 0.2) is 5.78 Å². The number of rotatable bonds is 3. The number of hydrogen-bond acceptors (Lipinski definition) is 4. The molecule has 5 heteroatoms. The lowest BCUT2D eigenvalue weighted by Crippen LogP contribution is -2.32. The zero-order chi connectivity index (χ0) is 10.1. The highest BCUT2D eigenvalue weighted by Gasteiger charge is 2.24. The summed E-state index contributed by atoms with van der Waals surface area (Å²) < 4.78 is 0. The summed E-state index contributed by atoms with van der Waals surface area (Å²) in [6.45, 7) is 2.93. The number of ketones is 1. The van der Waals surface area contributed by atoms with Crippen molar-refractivity contribution in [2.24, 2.45) is 7.05 Å². The second kappa shape index (κ2) is 3.26. The Morgan fingerprint density at radius 2 is 2.31 bits per heavy atom. The molecule has 0 radical (unpaired) electrons. The normalized spacial score (nSPS) is 11.7. The minimum absolute atomic E-state index is 0.122. The Kier molecular flexibility index (Phi) is 2.47. The van der Waals surface area contributed by atoms with E-state index in [1.165, 1.54) is 24.8 Å². The van der Waals surface area contributed by atoms with E-state index in [0.29, 0.717) is 5.69 Å². The molecule has 1 aromatic rings. The van der Waals surface area contributed by atoms with Crippen LogP contribution in [-0.2, 0) is 18.3 Å². The summed E-state index contributed by atoms with van der Waals surface area (Å²) in [6.07, 6.45) is 1.64. The van der Waals surface area contributed by atoms with Gasteiger partial charge in [0.2, 0.25) is 0 Å². The third-order valence-corrected chi connectivity index (χ3v) is 1.67. The molecule has 0 saturated heterocycles. The fourth-order valence-corrected chi connectivity index (χ4v) is 0.850. The van der Waals surface area contributed by atoms with Crippen LogP contribution in [0.25, 0.3) is 0 Å². The SMILES string of the molecule is Cn1ncc(CC(=O)C(C)(C)O)n1. The minimum atomic E-state index is -1.29. The van der Waals surface area contributed by atoms with Gasteiger partial charge < -0.3 is 5.11 Å². The van der Waals surface area contributed by atoms with Gasteiger partial charge in [-0.15, -0.1) is 0 Å². The number of Topliss-reactive ketones (excluding diaryl/α,β-unsaturated/α-hetero) is 1. The summed E-state index contributed by atoms with van der Waals surface area (Å²) in [5, 5.41) is 17.1. The van der Waals surface area contributed by atoms with E-state index in [1.807, 2.05) is 0 Å². The van der Waals surface area contributed by atoms with Crippen LogP contribution in [0, 0.1) is 0 Å². The summed E-state index contributed by atoms with van der Waals surface area (Å²) in [6, 6.07) is 0. The van der Waals surface area contributed by atoms with Crippen LogP contribution < -0.4 is 0 Å². The van der Waals surface area contributed by atoms with Gasteiger partial charge in [0.05, 0.1) is 18.3 Å². The van der Waals surface area contributed by atoms with Crippen LogP contribution in [0.2, 0.25) is 0 Å². The van der Waals surface area contributed by atoms with Crippen LogP contribution in [0.4, 0.5) is 0 Å². The number of carbonyl (C=O) groups is 1. The standard InChI is InChI=1S/C8H13N3O2/c1-8(2,13)7(12)4-6-5-9-11(3)10-6/h5,13H,4H2,1-3H3. The van der Waals surface area contributed by atoms with Crippen molar-refractivity contribution in [2.75, 3.05) is 0 Å². The fourth-order valence-electron chi connectivity index (χ4n) is 0.850. The minimum Gasteiger partial charge on any atom is -0.383 e. The van der Waals surface area contributed by atoms with E-state index in [9.17, 15) is 9.90 Å². The zero-order valence-electron chi connectivity index (χ0n) is 7.98. The molecule has 0 fully saturated rings. The summed E-state index contributed by atoms with van der Waals surface area (Å²) >= 11 is 0. The molecule has 1 heterocycles. The average Bonchev–Trinajstić information content (AvgIpc) is 2.33. The van der Waals surface area contributed by atoms with E-state index in [0.717, 1.165) is 0 Å². The maximum atomic E-state index is 11.3. The molecule has 0 amide bonds. The molecule has 1 N–H and O–H groups in total. The van der Waals surface area contributed by atoms with Gasteiger partial charge >= 0.3 is 0 Å². The Morgan fingerprint density at radius 1 is 1.69 bits per heavy atom. The predicted octanol–water partition coefficient (Wildman–Crippen LogP) is -0.302. The van der Waals surface area contributed by atoms with Gasteiger partial charge in [-0.2, -0.15) is 15.0 Å². The van der Waals surface area contributed by atoms with Gasteiger partial charge in [0.1, 0.15) is 5.60 Å². The first kappa shape index (κ1) is 9.85. The highest BCUT2D eigenvalue weighted by molar-refractivity contribution is 5.87. The van der Waals surface area contributed by atoms with Gasteiger partial charge in [0.25, 0.3) is 0 Å². The van der Waals surface area contributed by atoms with Crippen molar-refractivity contribution in [3.8, 4) is 0 Å². The van der Waals surface area contributed by atoms with Crippen LogP contribution in [0.15, 0.2) is 6.20 Å². The lowest BCUT2D eigenvalue weighted by Gasteiger charge is -2.13. The average molecular weight is 183 g/mol. The van der Waals surface area contributed by atoms with Crippen molar-refractivity contribution in [3.05, 3.63) is 11.9 Å². The smallest absolute Gasteiger partial charge is 0.169 e. The van der Waals surface area contributed by atoms with Gasteiger partial charge in [0, 0.05) is 7.05 Å². The van der Waals surface area contributed by atoms with Gasteiger partial charge in [-0.1, -0.05) is 0 Å². The van der Waals surface area contributed by atoms with Crippen molar-refractivity contribution in [2.45, 2.75) is 25.9 Å². The van der Waals surface area contributed by atoms with Crippen LogP contribution in [-0.4, -0.2) is 31.5 Å². The third-order valence-electron chi connectivity index (χ3n) is 1.67. The highest BCUT2D eigenvalue weighted by Crippen LogP contribution is 2.06. The summed E-state index contributed by atoms with van der Waals surface area (Å²) in [7, 11) is 1.68. The maximum Gasteiger partial charge on any atom is 0.169 e. The van der Waals surface area contributed by atoms with Gasteiger partial charge in [-0.3, -0.25) is 4.79 Å². The topological polar surface area (TPSA) is 68.0 Å². The number of aryl methyl sites for hydroxylation is 1. The van der Waals surface area contributed by atoms with Crippen LogP contribution in [0.5, 0.6) is 0 Å². The molecule has 5 nitrogen and oxygen atoms in total. The Morgan fingerprint density at radius 3 is 2.69 bits per heavy atom. The first-order valence-corrected chi connectivity index (χ1v) is 4.00. The molecule has 0 saturated carbocycles. The molecule has 0 aliphatic rings. The maximum absolute atomic E-state index is 11.3. The molecule has 0 bridgehead atoms. The molecule has 0 aromatic carbocycles. The molecule has 72 valence electrons. The van der Waals surface area contributed by atoms with E-state index in [2.05, 4.69) is 10.2 Å². The van der Waals surface area contributed by atoms with Crippen molar-refractivity contribution in [1.82, 2.24) is 15.0 Å². The summed E-state index contributed by atoms with van der Waals surface area (Å²) in [5.41, 5.74) is -0.716. The quantitative estimate of drug-likeness (QED) is 0.698. The van der Waals surface area contributed by atoms with Crippen molar-refractivity contribution in [1.29, 1.82) is 0 Å². The molecule has 0 unspecified atom stereocenters. The molecule has 0 aliphatic carbocycles. The van der Waals surface area contributed by atoms with Gasteiger partial charge in [-0.05, 0) is 13.8 Å². The highest BCUT2D eigenvalue weighted by atomic mass is 16.3. The van der Waals surface area contributed by atoms with Crippen molar-refractivity contribution < 1.29 is 9.90 Å². The molecule has 0 aliphatic heterocycles. The number of aliphatic hydroxyl groups is 1. The number of aromatic nitrogens is 3.